The Morgan fingerprint density at radius 3 is 2.45 bits per heavy atom. The summed E-state index contributed by atoms with van der Waals surface area (Å²) in [4.78, 5) is 3.83. The van der Waals surface area contributed by atoms with Crippen LogP contribution in [0.3, 0.4) is 0 Å². The lowest BCUT2D eigenvalue weighted by atomic mass is 10.0. The number of benzene rings is 2. The van der Waals surface area contributed by atoms with Crippen LogP contribution in [0.5, 0.6) is 0 Å². The van der Waals surface area contributed by atoms with Crippen LogP contribution in [0.1, 0.15) is 6.92 Å². The molecule has 0 aliphatic carbocycles. The molecule has 0 aliphatic heterocycles. The van der Waals surface area contributed by atoms with Gasteiger partial charge in [-0.2, -0.15) is 5.10 Å². The standard InChI is InChI=1S/C22H17F3N4OS/c1-2-29-13-15(14-9-11-26-12-10-14)22(27-29)20-17(24)7-8-18(21(20)25)28-31(30)19-6-4-3-5-16(19)23/h3-13,28H,2H2,1H3. The highest BCUT2D eigenvalue weighted by Crippen LogP contribution is 2.36. The van der Waals surface area contributed by atoms with Crippen molar-refractivity contribution in [2.45, 2.75) is 18.4 Å². The zero-order chi connectivity index (χ0) is 22.0. The van der Waals surface area contributed by atoms with Crippen molar-refractivity contribution in [2.75, 3.05) is 4.72 Å². The van der Waals surface area contributed by atoms with Crippen molar-refractivity contribution in [3.8, 4) is 22.4 Å². The topological polar surface area (TPSA) is 59.8 Å². The van der Waals surface area contributed by atoms with E-state index < -0.39 is 28.4 Å². The lowest BCUT2D eigenvalue weighted by Crippen LogP contribution is -2.09. The quantitative estimate of drug-likeness (QED) is 0.447. The van der Waals surface area contributed by atoms with Crippen LogP contribution in [0.15, 0.2) is 72.0 Å². The van der Waals surface area contributed by atoms with Gasteiger partial charge in [0.25, 0.3) is 0 Å². The van der Waals surface area contributed by atoms with Crippen LogP contribution >= 0.6 is 0 Å². The van der Waals surface area contributed by atoms with E-state index >= 15 is 4.39 Å². The number of hydrogen-bond acceptors (Lipinski definition) is 3. The Bertz CT molecular complexity index is 1260. The summed E-state index contributed by atoms with van der Waals surface area (Å²) in [6, 6.07) is 11.1. The van der Waals surface area contributed by atoms with E-state index in [1.54, 1.807) is 35.4 Å². The number of rotatable bonds is 6. The molecule has 4 rings (SSSR count). The van der Waals surface area contributed by atoms with Gasteiger partial charge in [0.2, 0.25) is 0 Å². The van der Waals surface area contributed by atoms with E-state index in [1.807, 2.05) is 6.92 Å². The Morgan fingerprint density at radius 2 is 1.74 bits per heavy atom. The van der Waals surface area contributed by atoms with Gasteiger partial charge in [0.1, 0.15) is 17.3 Å². The first-order valence-corrected chi connectivity index (χ1v) is 10.5. The number of pyridine rings is 1. The molecule has 158 valence electrons. The second-order valence-corrected chi connectivity index (χ2v) is 7.75. The molecule has 5 nitrogen and oxygen atoms in total. The monoisotopic (exact) mass is 442 g/mol. The smallest absolute Gasteiger partial charge is 0.159 e. The number of anilines is 1. The first kappa shape index (κ1) is 20.8. The maximum Gasteiger partial charge on any atom is 0.159 e. The number of nitrogens with zero attached hydrogens (tertiary/aromatic N) is 3. The van der Waals surface area contributed by atoms with E-state index in [2.05, 4.69) is 14.8 Å². The summed E-state index contributed by atoms with van der Waals surface area (Å²) in [6.45, 7) is 2.35. The van der Waals surface area contributed by atoms with Gasteiger partial charge in [-0.15, -0.1) is 0 Å². The van der Waals surface area contributed by atoms with E-state index in [9.17, 15) is 13.0 Å². The van der Waals surface area contributed by atoms with Crippen molar-refractivity contribution in [2.24, 2.45) is 0 Å². The molecule has 2 heterocycles. The Kier molecular flexibility index (Phi) is 5.85. The van der Waals surface area contributed by atoms with E-state index in [4.69, 9.17) is 0 Å². The summed E-state index contributed by atoms with van der Waals surface area (Å²) < 4.78 is 60.7. The van der Waals surface area contributed by atoms with Crippen molar-refractivity contribution in [3.63, 3.8) is 0 Å². The highest BCUT2D eigenvalue weighted by Gasteiger charge is 2.23. The van der Waals surface area contributed by atoms with Crippen LogP contribution < -0.4 is 4.72 Å². The van der Waals surface area contributed by atoms with Crippen LogP contribution in [0, 0.1) is 17.5 Å². The molecular weight excluding hydrogens is 425 g/mol. The van der Waals surface area contributed by atoms with Gasteiger partial charge in [-0.3, -0.25) is 14.4 Å². The molecule has 0 amide bonds. The Labute approximate surface area is 179 Å². The molecular formula is C22H17F3N4OS. The third kappa shape index (κ3) is 4.09. The van der Waals surface area contributed by atoms with Gasteiger partial charge in [-0.25, -0.2) is 17.4 Å². The molecule has 1 atom stereocenters. The minimum absolute atomic E-state index is 0.100. The molecule has 0 fully saturated rings. The van der Waals surface area contributed by atoms with Gasteiger partial charge in [-0.05, 0) is 48.9 Å². The maximum atomic E-state index is 15.4. The number of aromatic nitrogens is 3. The fraction of sp³-hybridized carbons (Fsp3) is 0.0909. The zero-order valence-electron chi connectivity index (χ0n) is 16.3. The van der Waals surface area contributed by atoms with Gasteiger partial charge in [0.15, 0.2) is 16.8 Å². The third-order valence-electron chi connectivity index (χ3n) is 4.64. The average molecular weight is 442 g/mol. The van der Waals surface area contributed by atoms with Crippen LogP contribution in [0.4, 0.5) is 18.9 Å². The Balaban J connectivity index is 1.80. The molecule has 0 saturated heterocycles. The molecule has 0 aliphatic rings. The van der Waals surface area contributed by atoms with Crippen LogP contribution in [0.2, 0.25) is 0 Å². The van der Waals surface area contributed by atoms with Gasteiger partial charge < -0.3 is 0 Å². The molecule has 0 radical (unpaired) electrons. The summed E-state index contributed by atoms with van der Waals surface area (Å²) in [6.07, 6.45) is 4.84. The van der Waals surface area contributed by atoms with Crippen LogP contribution in [-0.2, 0) is 17.5 Å². The lowest BCUT2D eigenvalue weighted by molar-refractivity contribution is 0.587. The second-order valence-electron chi connectivity index (χ2n) is 6.57. The average Bonchev–Trinajstić information content (AvgIpc) is 3.21. The van der Waals surface area contributed by atoms with E-state index in [1.165, 1.54) is 18.2 Å². The summed E-state index contributed by atoms with van der Waals surface area (Å²) in [5.41, 5.74) is 0.717. The minimum atomic E-state index is -2.09. The van der Waals surface area contributed by atoms with Gasteiger partial charge >= 0.3 is 0 Å². The molecule has 0 bridgehead atoms. The highest BCUT2D eigenvalue weighted by molar-refractivity contribution is 7.86. The SMILES string of the molecule is CCn1cc(-c2ccncc2)c(-c2c(F)ccc(NS(=O)c3ccccc3F)c2F)n1. The summed E-state index contributed by atoms with van der Waals surface area (Å²) >= 11 is 0. The Morgan fingerprint density at radius 1 is 1.00 bits per heavy atom. The molecule has 31 heavy (non-hydrogen) atoms. The van der Waals surface area contributed by atoms with Crippen molar-refractivity contribution in [3.05, 3.63) is 84.6 Å². The third-order valence-corrected chi connectivity index (χ3v) is 5.78. The summed E-state index contributed by atoms with van der Waals surface area (Å²) in [7, 11) is -2.09. The fourth-order valence-electron chi connectivity index (χ4n) is 3.11. The van der Waals surface area contributed by atoms with Crippen molar-refractivity contribution < 1.29 is 17.4 Å². The summed E-state index contributed by atoms with van der Waals surface area (Å²) in [5, 5.41) is 4.34. The lowest BCUT2D eigenvalue weighted by Gasteiger charge is -2.12. The molecule has 0 spiro atoms. The highest BCUT2D eigenvalue weighted by atomic mass is 32.2. The second kappa shape index (κ2) is 8.73. The number of aryl methyl sites for hydroxylation is 1. The first-order valence-electron chi connectivity index (χ1n) is 9.38. The molecule has 0 saturated carbocycles. The molecule has 1 unspecified atom stereocenters. The molecule has 4 aromatic rings. The zero-order valence-corrected chi connectivity index (χ0v) is 17.2. The van der Waals surface area contributed by atoms with Gasteiger partial charge in [-0.1, -0.05) is 12.1 Å². The maximum absolute atomic E-state index is 15.4. The minimum Gasteiger partial charge on any atom is -0.298 e. The fourth-order valence-corrected chi connectivity index (χ4v) is 4.02. The predicted molar refractivity (Wildman–Crippen MR) is 113 cm³/mol. The molecule has 2 aromatic heterocycles. The largest absolute Gasteiger partial charge is 0.298 e. The van der Waals surface area contributed by atoms with Crippen LogP contribution in [0.25, 0.3) is 22.4 Å². The number of hydrogen-bond donors (Lipinski definition) is 1. The molecule has 9 heteroatoms. The number of halogens is 3. The van der Waals surface area contributed by atoms with Gasteiger partial charge in [0.05, 0.1) is 16.1 Å². The Hall–Kier alpha value is -3.46. The van der Waals surface area contributed by atoms with Gasteiger partial charge in [0, 0.05) is 30.7 Å². The van der Waals surface area contributed by atoms with E-state index in [-0.39, 0.29) is 21.8 Å². The van der Waals surface area contributed by atoms with E-state index in [0.29, 0.717) is 17.7 Å². The normalized spacial score (nSPS) is 12.0. The molecule has 2 aromatic carbocycles. The predicted octanol–water partition coefficient (Wildman–Crippen LogP) is 5.18. The van der Waals surface area contributed by atoms with Crippen molar-refractivity contribution >= 4 is 16.7 Å². The summed E-state index contributed by atoms with van der Waals surface area (Å²) in [5.74, 6) is -2.49. The van der Waals surface area contributed by atoms with Crippen LogP contribution in [-0.4, -0.2) is 19.0 Å². The van der Waals surface area contributed by atoms with E-state index in [0.717, 1.165) is 18.2 Å². The first-order chi connectivity index (χ1) is 15.0. The molecule has 1 N–H and O–H groups in total. The van der Waals surface area contributed by atoms with Crippen molar-refractivity contribution in [1.82, 2.24) is 14.8 Å². The van der Waals surface area contributed by atoms with Crippen molar-refractivity contribution in [1.29, 1.82) is 0 Å². The number of nitrogens with one attached hydrogen (secondary N) is 1.